The largest absolute Gasteiger partial charge is 0.417 e. The Morgan fingerprint density at radius 2 is 1.93 bits per heavy atom. The van der Waals surface area contributed by atoms with Gasteiger partial charge < -0.3 is 4.90 Å². The Balaban J connectivity index is 2.26. The van der Waals surface area contributed by atoms with Crippen LogP contribution in [0.1, 0.15) is 11.1 Å². The second kappa shape index (κ2) is 6.84. The summed E-state index contributed by atoms with van der Waals surface area (Å²) in [6.07, 6.45) is -4.69. The van der Waals surface area contributed by atoms with E-state index in [1.807, 2.05) is 0 Å². The van der Waals surface area contributed by atoms with Gasteiger partial charge in [0.25, 0.3) is 5.69 Å². The maximum atomic E-state index is 14.0. The molecule has 27 heavy (non-hydrogen) atoms. The molecule has 0 saturated heterocycles. The fourth-order valence-corrected chi connectivity index (χ4v) is 3.60. The fraction of sp³-hybridized carbons (Fsp3) is 0.158. The number of nitrogens with zero attached hydrogens (tertiary/aromatic N) is 2. The summed E-state index contributed by atoms with van der Waals surface area (Å²) in [5.41, 5.74) is -0.376. The van der Waals surface area contributed by atoms with Gasteiger partial charge in [-0.3, -0.25) is 10.1 Å². The van der Waals surface area contributed by atoms with E-state index in [1.54, 1.807) is 31.3 Å². The van der Waals surface area contributed by atoms with E-state index in [1.165, 1.54) is 17.0 Å². The summed E-state index contributed by atoms with van der Waals surface area (Å²) in [5.74, 6) is 0. The molecule has 0 amide bonds. The molecule has 0 spiro atoms. The fourth-order valence-electron chi connectivity index (χ4n) is 3.15. The molecule has 8 heteroatoms. The molecule has 4 nitrogen and oxygen atoms in total. The lowest BCUT2D eigenvalue weighted by Gasteiger charge is -2.34. The van der Waals surface area contributed by atoms with E-state index < -0.39 is 22.4 Å². The van der Waals surface area contributed by atoms with Gasteiger partial charge in [-0.2, -0.15) is 13.2 Å². The molecular weight excluding hydrogens is 425 g/mol. The van der Waals surface area contributed by atoms with Gasteiger partial charge in [0.15, 0.2) is 0 Å². The molecule has 0 fully saturated rings. The van der Waals surface area contributed by atoms with Crippen LogP contribution in [0, 0.1) is 10.1 Å². The van der Waals surface area contributed by atoms with Crippen LogP contribution in [0.4, 0.5) is 24.5 Å². The second-order valence-electron chi connectivity index (χ2n) is 6.12. The van der Waals surface area contributed by atoms with Gasteiger partial charge in [-0.1, -0.05) is 34.6 Å². The zero-order chi connectivity index (χ0) is 19.9. The summed E-state index contributed by atoms with van der Waals surface area (Å²) in [6, 6.07) is 10.5. The summed E-state index contributed by atoms with van der Waals surface area (Å²) in [6.45, 7) is 3.84. The molecular formula is C19H14BrF3N2O2. The van der Waals surface area contributed by atoms with E-state index in [2.05, 4.69) is 22.5 Å². The summed E-state index contributed by atoms with van der Waals surface area (Å²) in [5, 5.41) is 11.1. The third kappa shape index (κ3) is 3.62. The predicted octanol–water partition coefficient (Wildman–Crippen LogP) is 5.88. The minimum atomic E-state index is -4.69. The number of rotatable bonds is 3. The lowest BCUT2D eigenvalue weighted by Crippen LogP contribution is -2.28. The van der Waals surface area contributed by atoms with Gasteiger partial charge in [0.1, 0.15) is 0 Å². The van der Waals surface area contributed by atoms with Gasteiger partial charge in [-0.25, -0.2) is 0 Å². The molecule has 0 aliphatic carbocycles. The maximum Gasteiger partial charge on any atom is 0.417 e. The quantitative estimate of drug-likeness (QED) is 0.443. The number of alkyl halides is 3. The van der Waals surface area contributed by atoms with Gasteiger partial charge in [0.05, 0.1) is 10.5 Å². The first-order valence-corrected chi connectivity index (χ1v) is 8.65. The molecule has 3 rings (SSSR count). The normalized spacial score (nSPS) is 14.4. The number of benzene rings is 2. The molecule has 1 aliphatic rings. The number of nitro groups is 1. The Morgan fingerprint density at radius 1 is 1.22 bits per heavy atom. The number of fused-ring (bicyclic) bond motifs is 1. The summed E-state index contributed by atoms with van der Waals surface area (Å²) >= 11 is 3.31. The highest BCUT2D eigenvalue weighted by Gasteiger charge is 2.42. The van der Waals surface area contributed by atoms with Crippen LogP contribution in [0.2, 0.25) is 0 Å². The van der Waals surface area contributed by atoms with Crippen molar-refractivity contribution in [1.82, 2.24) is 0 Å². The highest BCUT2D eigenvalue weighted by molar-refractivity contribution is 9.10. The Hall–Kier alpha value is -2.61. The maximum absolute atomic E-state index is 14.0. The van der Waals surface area contributed by atoms with E-state index in [0.717, 1.165) is 10.5 Å². The molecule has 1 aliphatic heterocycles. The number of nitro benzene ring substituents is 1. The topological polar surface area (TPSA) is 46.4 Å². The van der Waals surface area contributed by atoms with Crippen molar-refractivity contribution in [2.24, 2.45) is 0 Å². The smallest absolute Gasteiger partial charge is 0.344 e. The van der Waals surface area contributed by atoms with Gasteiger partial charge in [0.2, 0.25) is 0 Å². The van der Waals surface area contributed by atoms with E-state index in [0.29, 0.717) is 5.56 Å². The number of anilines is 1. The van der Waals surface area contributed by atoms with E-state index in [9.17, 15) is 23.3 Å². The highest BCUT2D eigenvalue weighted by atomic mass is 79.9. The number of non-ortho nitro benzene ring substituents is 1. The van der Waals surface area contributed by atoms with Crippen molar-refractivity contribution in [3.05, 3.63) is 86.0 Å². The Labute approximate surface area is 161 Å². The Morgan fingerprint density at radius 3 is 2.52 bits per heavy atom. The Kier molecular flexibility index (Phi) is 4.86. The lowest BCUT2D eigenvalue weighted by atomic mass is 9.87. The second-order valence-corrected chi connectivity index (χ2v) is 7.04. The molecule has 0 N–H and O–H groups in total. The van der Waals surface area contributed by atoms with Crippen LogP contribution in [-0.2, 0) is 6.42 Å². The van der Waals surface area contributed by atoms with Crippen molar-refractivity contribution in [1.29, 1.82) is 0 Å². The molecule has 0 unspecified atom stereocenters. The van der Waals surface area contributed by atoms with Gasteiger partial charge >= 0.3 is 6.18 Å². The van der Waals surface area contributed by atoms with Crippen LogP contribution in [0.15, 0.2) is 64.8 Å². The Bertz CT molecular complexity index is 983. The van der Waals surface area contributed by atoms with Crippen molar-refractivity contribution in [2.75, 3.05) is 11.9 Å². The first-order chi connectivity index (χ1) is 12.6. The first kappa shape index (κ1) is 19.2. The van der Waals surface area contributed by atoms with Gasteiger partial charge in [0, 0.05) is 47.0 Å². The van der Waals surface area contributed by atoms with Crippen molar-refractivity contribution < 1.29 is 18.1 Å². The van der Waals surface area contributed by atoms with Crippen molar-refractivity contribution in [2.45, 2.75) is 12.6 Å². The summed E-state index contributed by atoms with van der Waals surface area (Å²) in [7, 11) is 1.60. The van der Waals surface area contributed by atoms with Crippen LogP contribution in [0.5, 0.6) is 0 Å². The molecule has 2 aromatic rings. The molecule has 1 heterocycles. The monoisotopic (exact) mass is 438 g/mol. The van der Waals surface area contributed by atoms with Crippen LogP contribution < -0.4 is 4.90 Å². The third-order valence-electron chi connectivity index (χ3n) is 4.43. The molecule has 0 radical (unpaired) electrons. The van der Waals surface area contributed by atoms with Crippen molar-refractivity contribution >= 4 is 32.9 Å². The molecule has 140 valence electrons. The standard InChI is InChI=1S/C19H14BrF3N2O2/c1-11-15(9-12-4-3-5-13(20)8-12)18(19(21,22)23)16-10-14(25(26)27)6-7-17(16)24(11)2/h3-8,10H,1,9H2,2H3. The van der Waals surface area contributed by atoms with E-state index >= 15 is 0 Å². The average molecular weight is 439 g/mol. The van der Waals surface area contributed by atoms with Crippen molar-refractivity contribution in [3.8, 4) is 0 Å². The van der Waals surface area contributed by atoms with Crippen LogP contribution >= 0.6 is 15.9 Å². The number of likely N-dealkylation sites (N-methyl/N-ethyl adjacent to an activating group) is 1. The lowest BCUT2D eigenvalue weighted by molar-refractivity contribution is -0.384. The molecule has 0 bridgehead atoms. The van der Waals surface area contributed by atoms with Gasteiger partial charge in [-0.05, 0) is 29.3 Å². The molecule has 0 atom stereocenters. The molecule has 2 aromatic carbocycles. The van der Waals surface area contributed by atoms with Crippen LogP contribution in [0.25, 0.3) is 5.57 Å². The zero-order valence-electron chi connectivity index (χ0n) is 14.2. The SMILES string of the molecule is C=C1C(Cc2cccc(Br)c2)=C(C(F)(F)F)c2cc([N+](=O)[O-])ccc2N1C. The average Bonchev–Trinajstić information content (AvgIpc) is 2.58. The number of allylic oxidation sites excluding steroid dienone is 2. The molecule has 0 saturated carbocycles. The minimum Gasteiger partial charge on any atom is -0.344 e. The van der Waals surface area contributed by atoms with E-state index in [-0.39, 0.29) is 28.9 Å². The first-order valence-electron chi connectivity index (χ1n) is 7.86. The number of halogens is 4. The highest BCUT2D eigenvalue weighted by Crippen LogP contribution is 2.48. The van der Waals surface area contributed by atoms with E-state index in [4.69, 9.17) is 0 Å². The van der Waals surface area contributed by atoms with Gasteiger partial charge in [-0.15, -0.1) is 0 Å². The number of hydrogen-bond donors (Lipinski definition) is 0. The van der Waals surface area contributed by atoms with Crippen LogP contribution in [0.3, 0.4) is 0 Å². The molecule has 0 aromatic heterocycles. The van der Waals surface area contributed by atoms with Crippen LogP contribution in [-0.4, -0.2) is 18.1 Å². The third-order valence-corrected chi connectivity index (χ3v) is 4.92. The number of hydrogen-bond acceptors (Lipinski definition) is 3. The predicted molar refractivity (Wildman–Crippen MR) is 101 cm³/mol. The minimum absolute atomic E-state index is 0.000408. The summed E-state index contributed by atoms with van der Waals surface area (Å²) < 4.78 is 42.7. The zero-order valence-corrected chi connectivity index (χ0v) is 15.8. The summed E-state index contributed by atoms with van der Waals surface area (Å²) in [4.78, 5) is 11.9. The van der Waals surface area contributed by atoms with Crippen molar-refractivity contribution in [3.63, 3.8) is 0 Å².